The number of carbonyl (C=O) groups is 1. The Morgan fingerprint density at radius 3 is 2.52 bits per heavy atom. The van der Waals surface area contributed by atoms with Crippen LogP contribution >= 0.6 is 0 Å². The van der Waals surface area contributed by atoms with Crippen molar-refractivity contribution in [2.75, 3.05) is 5.73 Å². The molecule has 3 aromatic carbocycles. The van der Waals surface area contributed by atoms with E-state index in [9.17, 15) is 4.79 Å². The number of nitrogens with two attached hydrogens (primary N) is 1. The summed E-state index contributed by atoms with van der Waals surface area (Å²) in [5.41, 5.74) is 17.0. The first-order valence-electron chi connectivity index (χ1n) is 8.24. The zero-order valence-corrected chi connectivity index (χ0v) is 13.9. The van der Waals surface area contributed by atoms with Crippen LogP contribution in [0.5, 0.6) is 11.5 Å². The molecule has 0 aliphatic carbocycles. The summed E-state index contributed by atoms with van der Waals surface area (Å²) in [6.45, 7) is 0. The summed E-state index contributed by atoms with van der Waals surface area (Å²) >= 11 is 0. The van der Waals surface area contributed by atoms with Crippen LogP contribution in [0.1, 0.15) is 27.0 Å². The highest BCUT2D eigenvalue weighted by Crippen LogP contribution is 2.56. The molecule has 0 aromatic heterocycles. The molecule has 130 valence electrons. The van der Waals surface area contributed by atoms with Crippen LogP contribution in [-0.4, -0.2) is 5.97 Å². The lowest BCUT2D eigenvalue weighted by Crippen LogP contribution is -2.33. The van der Waals surface area contributed by atoms with Gasteiger partial charge in [0.05, 0.1) is 5.56 Å². The Bertz CT molecular complexity index is 1180. The van der Waals surface area contributed by atoms with Gasteiger partial charge in [-0.05, 0) is 29.8 Å². The Kier molecular flexibility index (Phi) is 2.99. The highest BCUT2D eigenvalue weighted by Gasteiger charge is 2.53. The molecular weight excluding hydrogens is 344 g/mol. The van der Waals surface area contributed by atoms with Crippen LogP contribution in [0.15, 0.2) is 65.8 Å². The van der Waals surface area contributed by atoms with Crippen LogP contribution in [-0.2, 0) is 10.3 Å². The van der Waals surface area contributed by atoms with Gasteiger partial charge in [0.2, 0.25) is 0 Å². The second-order valence-electron chi connectivity index (χ2n) is 6.34. The molecule has 0 saturated heterocycles. The number of carbonyl (C=O) groups excluding carboxylic acids is 1. The molecule has 5 rings (SSSR count). The lowest BCUT2D eigenvalue weighted by atomic mass is 9.77. The van der Waals surface area contributed by atoms with Crippen molar-refractivity contribution < 1.29 is 14.3 Å². The first-order chi connectivity index (χ1) is 13.1. The van der Waals surface area contributed by atoms with Crippen molar-refractivity contribution in [3.63, 3.8) is 0 Å². The second kappa shape index (κ2) is 5.27. The minimum atomic E-state index is -1.14. The highest BCUT2D eigenvalue weighted by molar-refractivity contribution is 5.97. The number of ether oxygens (including phenoxy) is 2. The van der Waals surface area contributed by atoms with Gasteiger partial charge in [0.15, 0.2) is 5.60 Å². The van der Waals surface area contributed by atoms with E-state index in [1.807, 2.05) is 18.2 Å². The van der Waals surface area contributed by atoms with Gasteiger partial charge in [0, 0.05) is 39.0 Å². The fourth-order valence-electron chi connectivity index (χ4n) is 3.80. The van der Waals surface area contributed by atoms with Crippen LogP contribution in [0, 0.1) is 0 Å². The number of nitrogen functional groups attached to an aromatic ring is 1. The zero-order valence-electron chi connectivity index (χ0n) is 13.9. The molecule has 1 spiro atoms. The van der Waals surface area contributed by atoms with E-state index in [4.69, 9.17) is 20.7 Å². The third kappa shape index (κ3) is 1.97. The predicted octanol–water partition coefficient (Wildman–Crippen LogP) is 4.78. The summed E-state index contributed by atoms with van der Waals surface area (Å²) in [5.74, 6) is 0.535. The van der Waals surface area contributed by atoms with Gasteiger partial charge in [-0.2, -0.15) is 0 Å². The molecular formula is C20H12N4O3. The van der Waals surface area contributed by atoms with Crippen LogP contribution < -0.4 is 10.5 Å². The summed E-state index contributed by atoms with van der Waals surface area (Å²) in [6, 6.07) is 17.6. The lowest BCUT2D eigenvalue weighted by molar-refractivity contribution is 0.0224. The molecule has 7 heteroatoms. The smallest absolute Gasteiger partial charge is 0.340 e. The van der Waals surface area contributed by atoms with Gasteiger partial charge < -0.3 is 15.2 Å². The number of azide groups is 1. The number of esters is 1. The highest BCUT2D eigenvalue weighted by atomic mass is 16.6. The maximum atomic E-state index is 12.6. The largest absolute Gasteiger partial charge is 0.456 e. The summed E-state index contributed by atoms with van der Waals surface area (Å²) in [7, 11) is 0. The molecule has 0 bridgehead atoms. The van der Waals surface area contributed by atoms with Gasteiger partial charge in [0.25, 0.3) is 0 Å². The number of hydrogen-bond acceptors (Lipinski definition) is 5. The van der Waals surface area contributed by atoms with E-state index in [1.54, 1.807) is 42.5 Å². The molecule has 3 aromatic rings. The van der Waals surface area contributed by atoms with Crippen molar-refractivity contribution in [2.45, 2.75) is 5.60 Å². The number of rotatable bonds is 1. The normalized spacial score (nSPS) is 18.6. The van der Waals surface area contributed by atoms with E-state index < -0.39 is 11.6 Å². The second-order valence-corrected chi connectivity index (χ2v) is 6.34. The quantitative estimate of drug-likeness (QED) is 0.222. The average molecular weight is 356 g/mol. The first kappa shape index (κ1) is 15.3. The van der Waals surface area contributed by atoms with Gasteiger partial charge in [0.1, 0.15) is 11.5 Å². The zero-order chi connectivity index (χ0) is 18.6. The molecule has 0 amide bonds. The van der Waals surface area contributed by atoms with Crippen LogP contribution in [0.2, 0.25) is 0 Å². The van der Waals surface area contributed by atoms with E-state index >= 15 is 0 Å². The van der Waals surface area contributed by atoms with E-state index in [0.717, 1.165) is 5.56 Å². The molecule has 1 atom stereocenters. The van der Waals surface area contributed by atoms with Crippen molar-refractivity contribution in [3.8, 4) is 11.5 Å². The Morgan fingerprint density at radius 1 is 0.963 bits per heavy atom. The summed E-state index contributed by atoms with van der Waals surface area (Å²) in [5, 5.41) is 3.63. The molecule has 27 heavy (non-hydrogen) atoms. The Balaban J connectivity index is 1.87. The van der Waals surface area contributed by atoms with Gasteiger partial charge in [-0.25, -0.2) is 4.79 Å². The molecule has 2 aliphatic rings. The Labute approximate surface area is 153 Å². The number of benzene rings is 3. The van der Waals surface area contributed by atoms with E-state index in [0.29, 0.717) is 39.6 Å². The molecule has 2 N–H and O–H groups in total. The maximum absolute atomic E-state index is 12.6. The van der Waals surface area contributed by atoms with Crippen molar-refractivity contribution >= 4 is 17.3 Å². The van der Waals surface area contributed by atoms with Crippen molar-refractivity contribution in [3.05, 3.63) is 93.4 Å². The van der Waals surface area contributed by atoms with Crippen molar-refractivity contribution in [1.29, 1.82) is 0 Å². The number of hydrogen-bond donors (Lipinski definition) is 1. The average Bonchev–Trinajstić information content (AvgIpc) is 2.95. The third-order valence-electron chi connectivity index (χ3n) is 4.88. The predicted molar refractivity (Wildman–Crippen MR) is 97.9 cm³/mol. The summed E-state index contributed by atoms with van der Waals surface area (Å²) in [6.07, 6.45) is 0. The lowest BCUT2D eigenvalue weighted by Gasteiger charge is -2.36. The summed E-state index contributed by atoms with van der Waals surface area (Å²) < 4.78 is 12.0. The van der Waals surface area contributed by atoms with Gasteiger partial charge in [-0.1, -0.05) is 35.4 Å². The van der Waals surface area contributed by atoms with Crippen LogP contribution in [0.25, 0.3) is 10.4 Å². The monoisotopic (exact) mass is 356 g/mol. The van der Waals surface area contributed by atoms with Gasteiger partial charge >= 0.3 is 5.97 Å². The molecule has 0 radical (unpaired) electrons. The fourth-order valence-corrected chi connectivity index (χ4v) is 3.80. The minimum Gasteiger partial charge on any atom is -0.456 e. The standard InChI is InChI=1S/C20H12N4O3/c21-11-5-7-15-17(9-11)26-18-10-12(23-24-22)6-8-16(18)20(15)14-4-2-1-3-13(14)19(25)27-20/h1-10H,21H2. The van der Waals surface area contributed by atoms with Crippen LogP contribution in [0.3, 0.4) is 0 Å². The third-order valence-corrected chi connectivity index (χ3v) is 4.88. The Morgan fingerprint density at radius 2 is 1.70 bits per heavy atom. The molecule has 2 aliphatic heterocycles. The van der Waals surface area contributed by atoms with E-state index in [1.165, 1.54) is 0 Å². The topological polar surface area (TPSA) is 110 Å². The fraction of sp³-hybridized carbons (Fsp3) is 0.0500. The number of fused-ring (bicyclic) bond motifs is 6. The van der Waals surface area contributed by atoms with Gasteiger partial charge in [-0.3, -0.25) is 0 Å². The molecule has 7 nitrogen and oxygen atoms in total. The molecule has 0 saturated carbocycles. The molecule has 0 fully saturated rings. The minimum absolute atomic E-state index is 0.399. The Hall–Kier alpha value is -3.96. The van der Waals surface area contributed by atoms with Crippen molar-refractivity contribution in [2.24, 2.45) is 5.11 Å². The van der Waals surface area contributed by atoms with Gasteiger partial charge in [-0.15, -0.1) is 0 Å². The molecule has 2 heterocycles. The SMILES string of the molecule is [N-]=[N+]=Nc1ccc2c(c1)Oc1cc(N)ccc1C21OC(=O)c2ccccc21. The molecule has 1 unspecified atom stereocenters. The van der Waals surface area contributed by atoms with E-state index in [2.05, 4.69) is 10.0 Å². The number of nitrogens with zero attached hydrogens (tertiary/aromatic N) is 3. The number of anilines is 1. The maximum Gasteiger partial charge on any atom is 0.340 e. The van der Waals surface area contributed by atoms with E-state index in [-0.39, 0.29) is 0 Å². The first-order valence-corrected chi connectivity index (χ1v) is 8.24. The summed E-state index contributed by atoms with van der Waals surface area (Å²) in [4.78, 5) is 15.5. The van der Waals surface area contributed by atoms with Crippen molar-refractivity contribution in [1.82, 2.24) is 0 Å². The van der Waals surface area contributed by atoms with Crippen LogP contribution in [0.4, 0.5) is 11.4 Å².